The Kier molecular flexibility index (Phi) is 4.87. The number of aliphatic hydroxyl groups is 1. The smallest absolute Gasteiger partial charge is 0.0606 e. The Balaban J connectivity index is 2.23. The Hall–Kier alpha value is -0.770. The lowest BCUT2D eigenvalue weighted by atomic mass is 10.1. The predicted octanol–water partition coefficient (Wildman–Crippen LogP) is 2.41. The van der Waals surface area contributed by atoms with E-state index in [9.17, 15) is 5.11 Å². The highest BCUT2D eigenvalue weighted by Gasteiger charge is 2.30. The summed E-state index contributed by atoms with van der Waals surface area (Å²) in [5, 5.41) is 13.3. The molecule has 18 heavy (non-hydrogen) atoms. The molecule has 1 aromatic rings. The van der Waals surface area contributed by atoms with E-state index in [1.165, 1.54) is 24.1 Å². The summed E-state index contributed by atoms with van der Waals surface area (Å²) in [4.78, 5) is 2.29. The molecule has 0 atom stereocenters. The van der Waals surface area contributed by atoms with E-state index in [2.05, 4.69) is 23.2 Å². The molecule has 1 aliphatic carbocycles. The minimum Gasteiger partial charge on any atom is -0.395 e. The first-order chi connectivity index (χ1) is 8.76. The topological polar surface area (TPSA) is 35.5 Å². The van der Waals surface area contributed by atoms with Crippen molar-refractivity contribution in [3.05, 3.63) is 28.8 Å². The van der Waals surface area contributed by atoms with Crippen LogP contribution in [-0.4, -0.2) is 30.8 Å². The Morgan fingerprint density at radius 2 is 2.22 bits per heavy atom. The van der Waals surface area contributed by atoms with Gasteiger partial charge in [-0.25, -0.2) is 0 Å². The maximum atomic E-state index is 9.22. The number of anilines is 1. The van der Waals surface area contributed by atoms with Crippen molar-refractivity contribution in [1.82, 2.24) is 5.32 Å². The summed E-state index contributed by atoms with van der Waals surface area (Å²) in [5.41, 5.74) is 2.42. The van der Waals surface area contributed by atoms with Crippen LogP contribution in [0.4, 0.5) is 5.69 Å². The summed E-state index contributed by atoms with van der Waals surface area (Å²) in [6.07, 6.45) is 2.43. The number of benzene rings is 1. The summed E-state index contributed by atoms with van der Waals surface area (Å²) >= 11 is 6.11. The maximum Gasteiger partial charge on any atom is 0.0606 e. The van der Waals surface area contributed by atoms with Gasteiger partial charge in [0.25, 0.3) is 0 Å². The number of hydrogen-bond acceptors (Lipinski definition) is 3. The van der Waals surface area contributed by atoms with Crippen molar-refractivity contribution in [3.8, 4) is 0 Å². The molecule has 0 aliphatic heterocycles. The van der Waals surface area contributed by atoms with Crippen LogP contribution in [0.25, 0.3) is 0 Å². The summed E-state index contributed by atoms with van der Waals surface area (Å²) in [5.74, 6) is 0. The van der Waals surface area contributed by atoms with Crippen molar-refractivity contribution in [2.24, 2.45) is 0 Å². The fourth-order valence-corrected chi connectivity index (χ4v) is 2.37. The second-order valence-corrected chi connectivity index (χ2v) is 5.14. The van der Waals surface area contributed by atoms with Gasteiger partial charge in [-0.2, -0.15) is 0 Å². The average molecular weight is 269 g/mol. The molecule has 2 N–H and O–H groups in total. The first-order valence-corrected chi connectivity index (χ1v) is 7.00. The van der Waals surface area contributed by atoms with E-state index in [1.54, 1.807) is 0 Å². The van der Waals surface area contributed by atoms with E-state index in [0.29, 0.717) is 12.6 Å². The molecule has 4 heteroatoms. The molecule has 1 aliphatic rings. The molecular weight excluding hydrogens is 248 g/mol. The third-order valence-electron chi connectivity index (χ3n) is 3.25. The van der Waals surface area contributed by atoms with Crippen LogP contribution in [0.1, 0.15) is 25.3 Å². The van der Waals surface area contributed by atoms with Gasteiger partial charge in [0.1, 0.15) is 0 Å². The summed E-state index contributed by atoms with van der Waals surface area (Å²) in [6.45, 7) is 4.76. The molecule has 1 aromatic carbocycles. The zero-order chi connectivity index (χ0) is 13.0. The second-order valence-electron chi connectivity index (χ2n) is 4.70. The zero-order valence-electron chi connectivity index (χ0n) is 10.8. The van der Waals surface area contributed by atoms with Crippen molar-refractivity contribution in [3.63, 3.8) is 0 Å². The van der Waals surface area contributed by atoms with E-state index in [0.717, 1.165) is 18.1 Å². The van der Waals surface area contributed by atoms with E-state index in [4.69, 9.17) is 11.6 Å². The van der Waals surface area contributed by atoms with Crippen molar-refractivity contribution in [1.29, 1.82) is 0 Å². The SMILES string of the molecule is CCNCc1ccc(Cl)cc1N(CCO)C1CC1. The predicted molar refractivity (Wildman–Crippen MR) is 76.3 cm³/mol. The zero-order valence-corrected chi connectivity index (χ0v) is 11.6. The Bertz CT molecular complexity index is 393. The first kappa shape index (κ1) is 13.7. The van der Waals surface area contributed by atoms with Gasteiger partial charge in [-0.1, -0.05) is 24.6 Å². The standard InChI is InChI=1S/C14H21ClN2O/c1-2-16-10-11-3-4-12(15)9-14(11)17(7-8-18)13-5-6-13/h3-4,9,13,16,18H,2,5-8,10H2,1H3. The monoisotopic (exact) mass is 268 g/mol. The van der Waals surface area contributed by atoms with Crippen molar-refractivity contribution in [2.75, 3.05) is 24.6 Å². The van der Waals surface area contributed by atoms with Gasteiger partial charge in [-0.05, 0) is 37.1 Å². The highest BCUT2D eigenvalue weighted by molar-refractivity contribution is 6.30. The number of halogens is 1. The average Bonchev–Trinajstić information content (AvgIpc) is 3.19. The van der Waals surface area contributed by atoms with Gasteiger partial charge in [0.05, 0.1) is 6.61 Å². The van der Waals surface area contributed by atoms with Gasteiger partial charge >= 0.3 is 0 Å². The van der Waals surface area contributed by atoms with Crippen molar-refractivity contribution < 1.29 is 5.11 Å². The fourth-order valence-electron chi connectivity index (χ4n) is 2.21. The van der Waals surface area contributed by atoms with Gasteiger partial charge < -0.3 is 15.3 Å². The van der Waals surface area contributed by atoms with E-state index >= 15 is 0 Å². The largest absolute Gasteiger partial charge is 0.395 e. The number of hydrogen-bond donors (Lipinski definition) is 2. The van der Waals surface area contributed by atoms with Crippen LogP contribution in [-0.2, 0) is 6.54 Å². The lowest BCUT2D eigenvalue weighted by molar-refractivity contribution is 0.301. The van der Waals surface area contributed by atoms with Crippen LogP contribution in [0, 0.1) is 0 Å². The summed E-state index contributed by atoms with van der Waals surface area (Å²) < 4.78 is 0. The molecule has 0 heterocycles. The molecule has 0 radical (unpaired) electrons. The number of rotatable bonds is 7. The van der Waals surface area contributed by atoms with Gasteiger partial charge in [0, 0.05) is 29.8 Å². The minimum atomic E-state index is 0.184. The van der Waals surface area contributed by atoms with E-state index < -0.39 is 0 Å². The summed E-state index contributed by atoms with van der Waals surface area (Å²) in [7, 11) is 0. The molecule has 0 spiro atoms. The van der Waals surface area contributed by atoms with Crippen LogP contribution < -0.4 is 10.2 Å². The van der Waals surface area contributed by atoms with E-state index in [1.807, 2.05) is 12.1 Å². The normalized spacial score (nSPS) is 14.8. The van der Waals surface area contributed by atoms with Crippen molar-refractivity contribution >= 4 is 17.3 Å². The van der Waals surface area contributed by atoms with Crippen LogP contribution in [0.5, 0.6) is 0 Å². The summed E-state index contributed by atoms with van der Waals surface area (Å²) in [6, 6.07) is 6.60. The molecule has 100 valence electrons. The number of nitrogens with one attached hydrogen (secondary N) is 1. The quantitative estimate of drug-likeness (QED) is 0.797. The highest BCUT2D eigenvalue weighted by Crippen LogP contribution is 2.34. The molecule has 0 aromatic heterocycles. The third-order valence-corrected chi connectivity index (χ3v) is 3.49. The molecule has 1 fully saturated rings. The first-order valence-electron chi connectivity index (χ1n) is 6.63. The fraction of sp³-hybridized carbons (Fsp3) is 0.571. The molecule has 0 amide bonds. The Labute approximate surface area is 114 Å². The van der Waals surface area contributed by atoms with Gasteiger partial charge in [0.2, 0.25) is 0 Å². The lowest BCUT2D eigenvalue weighted by Crippen LogP contribution is -2.30. The molecule has 2 rings (SSSR count). The van der Waals surface area contributed by atoms with Crippen LogP contribution in [0.15, 0.2) is 18.2 Å². The Morgan fingerprint density at radius 1 is 1.44 bits per heavy atom. The van der Waals surface area contributed by atoms with Crippen LogP contribution >= 0.6 is 11.6 Å². The van der Waals surface area contributed by atoms with Crippen LogP contribution in [0.3, 0.4) is 0 Å². The Morgan fingerprint density at radius 3 is 2.83 bits per heavy atom. The molecule has 0 saturated heterocycles. The maximum absolute atomic E-state index is 9.22. The molecular formula is C14H21ClN2O. The van der Waals surface area contributed by atoms with Crippen LogP contribution in [0.2, 0.25) is 5.02 Å². The van der Waals surface area contributed by atoms with Gasteiger partial charge in [0.15, 0.2) is 0 Å². The molecule has 1 saturated carbocycles. The highest BCUT2D eigenvalue weighted by atomic mass is 35.5. The number of aliphatic hydroxyl groups excluding tert-OH is 1. The third kappa shape index (κ3) is 3.37. The van der Waals surface area contributed by atoms with E-state index in [-0.39, 0.29) is 6.61 Å². The molecule has 3 nitrogen and oxygen atoms in total. The van der Waals surface area contributed by atoms with Gasteiger partial charge in [-0.15, -0.1) is 0 Å². The second kappa shape index (κ2) is 6.41. The lowest BCUT2D eigenvalue weighted by Gasteiger charge is -2.26. The molecule has 0 bridgehead atoms. The number of nitrogens with zero attached hydrogens (tertiary/aromatic N) is 1. The van der Waals surface area contributed by atoms with Gasteiger partial charge in [-0.3, -0.25) is 0 Å². The minimum absolute atomic E-state index is 0.184. The van der Waals surface area contributed by atoms with Crippen molar-refractivity contribution in [2.45, 2.75) is 32.4 Å². The molecule has 0 unspecified atom stereocenters.